The molecule has 2 aromatic rings. The summed E-state index contributed by atoms with van der Waals surface area (Å²) >= 11 is 0. The highest BCUT2D eigenvalue weighted by molar-refractivity contribution is 5.79. The zero-order valence-corrected chi connectivity index (χ0v) is 17.5. The number of hydrogen-bond acceptors (Lipinski definition) is 3. The van der Waals surface area contributed by atoms with Gasteiger partial charge in [-0.25, -0.2) is 4.79 Å². The standard InChI is InChI=1S/C24H31N3O3/c1-17-8-5-6-13-21(17)22(27-24(25)29)15-23(28)26-16-18-9-7-12-20(14-18)30-19-10-3-2-4-11-19/h5-9,12-14,19,22H,2-4,10-11,15-16H2,1H3,(H,26,28)(H3,25,27,29). The summed E-state index contributed by atoms with van der Waals surface area (Å²) in [5.74, 6) is 0.692. The maximum absolute atomic E-state index is 12.6. The largest absolute Gasteiger partial charge is 0.490 e. The molecule has 0 saturated heterocycles. The van der Waals surface area contributed by atoms with E-state index in [0.717, 1.165) is 35.3 Å². The van der Waals surface area contributed by atoms with Gasteiger partial charge in [-0.1, -0.05) is 42.8 Å². The second kappa shape index (κ2) is 10.7. The van der Waals surface area contributed by atoms with Gasteiger partial charge in [0.05, 0.1) is 18.6 Å². The van der Waals surface area contributed by atoms with Crippen LogP contribution in [-0.4, -0.2) is 18.0 Å². The van der Waals surface area contributed by atoms with Crippen LogP contribution in [0.25, 0.3) is 0 Å². The number of nitrogens with one attached hydrogen (secondary N) is 2. The average Bonchev–Trinajstić information content (AvgIpc) is 2.73. The van der Waals surface area contributed by atoms with Crippen molar-refractivity contribution in [1.29, 1.82) is 0 Å². The lowest BCUT2D eigenvalue weighted by Crippen LogP contribution is -2.36. The number of urea groups is 1. The molecule has 0 spiro atoms. The number of rotatable bonds is 8. The topological polar surface area (TPSA) is 93.4 Å². The van der Waals surface area contributed by atoms with Crippen LogP contribution in [0, 0.1) is 6.92 Å². The van der Waals surface area contributed by atoms with Gasteiger partial charge in [-0.15, -0.1) is 0 Å². The Bertz CT molecular complexity index is 862. The van der Waals surface area contributed by atoms with Crippen LogP contribution in [0.1, 0.15) is 61.3 Å². The normalized spacial score (nSPS) is 15.2. The quantitative estimate of drug-likeness (QED) is 0.612. The summed E-state index contributed by atoms with van der Waals surface area (Å²) in [5.41, 5.74) is 8.18. The molecule has 4 N–H and O–H groups in total. The molecule has 160 valence electrons. The Balaban J connectivity index is 1.56. The van der Waals surface area contributed by atoms with E-state index in [1.807, 2.05) is 55.5 Å². The van der Waals surface area contributed by atoms with Crippen molar-refractivity contribution in [2.24, 2.45) is 5.73 Å². The number of carbonyl (C=O) groups is 2. The van der Waals surface area contributed by atoms with Crippen LogP contribution in [0.2, 0.25) is 0 Å². The van der Waals surface area contributed by atoms with Crippen molar-refractivity contribution in [3.05, 3.63) is 65.2 Å². The van der Waals surface area contributed by atoms with E-state index >= 15 is 0 Å². The Morgan fingerprint density at radius 2 is 1.87 bits per heavy atom. The second-order valence-electron chi connectivity index (χ2n) is 7.92. The summed E-state index contributed by atoms with van der Waals surface area (Å²) in [4.78, 5) is 24.0. The molecule has 1 fully saturated rings. The van der Waals surface area contributed by atoms with Crippen molar-refractivity contribution in [2.45, 2.75) is 64.1 Å². The zero-order chi connectivity index (χ0) is 21.3. The maximum Gasteiger partial charge on any atom is 0.312 e. The summed E-state index contributed by atoms with van der Waals surface area (Å²) in [5, 5.41) is 5.61. The number of aryl methyl sites for hydroxylation is 1. The number of ether oxygens (including phenoxy) is 1. The average molecular weight is 410 g/mol. The van der Waals surface area contributed by atoms with Crippen LogP contribution in [-0.2, 0) is 11.3 Å². The SMILES string of the molecule is Cc1ccccc1C(CC(=O)NCc1cccc(OC2CCCCC2)c1)NC(N)=O. The third-order valence-electron chi connectivity index (χ3n) is 5.51. The van der Waals surface area contributed by atoms with Gasteiger partial charge in [-0.05, 0) is 61.4 Å². The highest BCUT2D eigenvalue weighted by Crippen LogP contribution is 2.24. The molecular weight excluding hydrogens is 378 g/mol. The summed E-state index contributed by atoms with van der Waals surface area (Å²) in [6, 6.07) is 14.4. The van der Waals surface area contributed by atoms with Gasteiger partial charge >= 0.3 is 6.03 Å². The first kappa shape index (κ1) is 21.7. The van der Waals surface area contributed by atoms with E-state index in [1.165, 1.54) is 19.3 Å². The van der Waals surface area contributed by atoms with E-state index in [-0.39, 0.29) is 12.3 Å². The monoisotopic (exact) mass is 409 g/mol. The Kier molecular flexibility index (Phi) is 7.71. The number of nitrogens with two attached hydrogens (primary N) is 1. The molecule has 0 aliphatic heterocycles. The molecule has 3 rings (SSSR count). The van der Waals surface area contributed by atoms with E-state index in [4.69, 9.17) is 10.5 Å². The minimum absolute atomic E-state index is 0.117. The number of amides is 3. The predicted molar refractivity (Wildman–Crippen MR) is 117 cm³/mol. The fourth-order valence-corrected chi connectivity index (χ4v) is 3.95. The van der Waals surface area contributed by atoms with Gasteiger partial charge in [0.2, 0.25) is 5.91 Å². The molecule has 6 heteroatoms. The zero-order valence-electron chi connectivity index (χ0n) is 17.5. The Hall–Kier alpha value is -3.02. The highest BCUT2D eigenvalue weighted by Gasteiger charge is 2.19. The van der Waals surface area contributed by atoms with Gasteiger partial charge in [-0.3, -0.25) is 4.79 Å². The molecule has 2 aromatic carbocycles. The molecule has 6 nitrogen and oxygen atoms in total. The van der Waals surface area contributed by atoms with Crippen molar-refractivity contribution in [1.82, 2.24) is 10.6 Å². The molecule has 0 bridgehead atoms. The van der Waals surface area contributed by atoms with Crippen LogP contribution < -0.4 is 21.1 Å². The fourth-order valence-electron chi connectivity index (χ4n) is 3.95. The van der Waals surface area contributed by atoms with Gasteiger partial charge in [0.1, 0.15) is 5.75 Å². The lowest BCUT2D eigenvalue weighted by molar-refractivity contribution is -0.121. The van der Waals surface area contributed by atoms with Gasteiger partial charge in [0.15, 0.2) is 0 Å². The van der Waals surface area contributed by atoms with Crippen LogP contribution in [0.5, 0.6) is 5.75 Å². The molecule has 30 heavy (non-hydrogen) atoms. The minimum Gasteiger partial charge on any atom is -0.490 e. The summed E-state index contributed by atoms with van der Waals surface area (Å²) in [7, 11) is 0. The minimum atomic E-state index is -0.649. The number of hydrogen-bond donors (Lipinski definition) is 3. The van der Waals surface area contributed by atoms with Crippen molar-refractivity contribution >= 4 is 11.9 Å². The molecule has 1 aliphatic rings. The van der Waals surface area contributed by atoms with E-state index in [2.05, 4.69) is 10.6 Å². The first-order valence-electron chi connectivity index (χ1n) is 10.6. The lowest BCUT2D eigenvalue weighted by Gasteiger charge is -2.23. The number of carbonyl (C=O) groups excluding carboxylic acids is 2. The fraction of sp³-hybridized carbons (Fsp3) is 0.417. The molecule has 1 unspecified atom stereocenters. The third kappa shape index (κ3) is 6.51. The van der Waals surface area contributed by atoms with Crippen molar-refractivity contribution in [2.75, 3.05) is 0 Å². The molecule has 0 aromatic heterocycles. The summed E-state index contributed by atoms with van der Waals surface area (Å²) in [6.07, 6.45) is 6.36. The summed E-state index contributed by atoms with van der Waals surface area (Å²) in [6.45, 7) is 2.35. The molecule has 3 amide bonds. The van der Waals surface area contributed by atoms with E-state index in [9.17, 15) is 9.59 Å². The molecule has 0 heterocycles. The van der Waals surface area contributed by atoms with Crippen molar-refractivity contribution < 1.29 is 14.3 Å². The van der Waals surface area contributed by atoms with E-state index in [0.29, 0.717) is 12.6 Å². The van der Waals surface area contributed by atoms with E-state index in [1.54, 1.807) is 0 Å². The Morgan fingerprint density at radius 3 is 2.60 bits per heavy atom. The van der Waals surface area contributed by atoms with E-state index < -0.39 is 12.1 Å². The molecule has 1 aliphatic carbocycles. The van der Waals surface area contributed by atoms with Gasteiger partial charge < -0.3 is 21.1 Å². The Labute approximate surface area is 178 Å². The number of primary amides is 1. The van der Waals surface area contributed by atoms with Crippen LogP contribution >= 0.6 is 0 Å². The maximum atomic E-state index is 12.6. The first-order chi connectivity index (χ1) is 14.5. The van der Waals surface area contributed by atoms with Gasteiger partial charge in [-0.2, -0.15) is 0 Å². The van der Waals surface area contributed by atoms with Crippen molar-refractivity contribution in [3.63, 3.8) is 0 Å². The smallest absolute Gasteiger partial charge is 0.312 e. The molecule has 0 radical (unpaired) electrons. The Morgan fingerprint density at radius 1 is 1.10 bits per heavy atom. The van der Waals surface area contributed by atoms with Gasteiger partial charge in [0.25, 0.3) is 0 Å². The molecule has 1 saturated carbocycles. The predicted octanol–water partition coefficient (Wildman–Crippen LogP) is 4.12. The number of benzene rings is 2. The molecule has 1 atom stereocenters. The second-order valence-corrected chi connectivity index (χ2v) is 7.92. The van der Waals surface area contributed by atoms with Crippen molar-refractivity contribution in [3.8, 4) is 5.75 Å². The van der Waals surface area contributed by atoms with Crippen LogP contribution in [0.3, 0.4) is 0 Å². The lowest BCUT2D eigenvalue weighted by atomic mass is 9.98. The summed E-state index contributed by atoms with van der Waals surface area (Å²) < 4.78 is 6.11. The first-order valence-corrected chi connectivity index (χ1v) is 10.6. The van der Waals surface area contributed by atoms with Gasteiger partial charge in [0, 0.05) is 6.54 Å². The highest BCUT2D eigenvalue weighted by atomic mass is 16.5. The third-order valence-corrected chi connectivity index (χ3v) is 5.51. The van der Waals surface area contributed by atoms with Crippen LogP contribution in [0.4, 0.5) is 4.79 Å². The van der Waals surface area contributed by atoms with Crippen LogP contribution in [0.15, 0.2) is 48.5 Å². The molecular formula is C24H31N3O3.